The lowest BCUT2D eigenvalue weighted by Crippen LogP contribution is -2.42. The molecule has 0 saturated carbocycles. The van der Waals surface area contributed by atoms with Gasteiger partial charge in [0, 0.05) is 0 Å². The second-order valence-electron chi connectivity index (χ2n) is 9.03. The molecule has 0 amide bonds. The molecule has 0 atom stereocenters. The van der Waals surface area contributed by atoms with Gasteiger partial charge in [0.15, 0.2) is 16.6 Å². The molecule has 0 fully saturated rings. The van der Waals surface area contributed by atoms with Gasteiger partial charge >= 0.3 is 0 Å². The predicted octanol–water partition coefficient (Wildman–Crippen LogP) is 6.12. The largest absolute Gasteiger partial charge is 0.449 e. The zero-order chi connectivity index (χ0) is 19.1. The summed E-state index contributed by atoms with van der Waals surface area (Å²) in [5, 5.41) is 0. The lowest BCUT2D eigenvalue weighted by Gasteiger charge is -2.30. The Morgan fingerprint density at radius 2 is 1.04 bits per heavy atom. The molecule has 1 nitrogen and oxygen atoms in total. The zero-order valence-corrected chi connectivity index (χ0v) is 19.0. The topological polar surface area (TPSA) is 9.23 Å². The Kier molecular flexibility index (Phi) is 4.87. The van der Waals surface area contributed by atoms with Crippen molar-refractivity contribution in [1.29, 1.82) is 0 Å². The van der Waals surface area contributed by atoms with E-state index < -0.39 is 16.6 Å². The second kappa shape index (κ2) is 7.04. The van der Waals surface area contributed by atoms with Gasteiger partial charge in [-0.3, -0.25) is 0 Å². The number of hydrogen-bond acceptors (Lipinski definition) is 1. The standard InChI is InChI=1S/C24H30OSi2/c1-26(2,15-13-19-5-7-21-9-11-23(21)17-19)25-27(3,4)16-14-20-6-8-22-10-12-24(22)18-20/h5-8,13-18H,9-12H2,1-4H3/b15-13+,16-14+. The van der Waals surface area contributed by atoms with Crippen LogP contribution in [0.25, 0.3) is 12.2 Å². The molecule has 0 saturated heterocycles. The van der Waals surface area contributed by atoms with Gasteiger partial charge in [0.25, 0.3) is 0 Å². The molecule has 2 aromatic rings. The molecule has 2 aliphatic rings. The maximum atomic E-state index is 6.71. The molecule has 0 aromatic heterocycles. The first-order valence-corrected chi connectivity index (χ1v) is 16.1. The number of hydrogen-bond donors (Lipinski definition) is 0. The van der Waals surface area contributed by atoms with Crippen LogP contribution in [-0.2, 0) is 29.8 Å². The normalized spacial score (nSPS) is 16.1. The van der Waals surface area contributed by atoms with Gasteiger partial charge in [-0.15, -0.1) is 0 Å². The molecule has 0 unspecified atom stereocenters. The third kappa shape index (κ3) is 4.42. The Morgan fingerprint density at radius 3 is 1.37 bits per heavy atom. The van der Waals surface area contributed by atoms with Crippen LogP contribution in [0.5, 0.6) is 0 Å². The van der Waals surface area contributed by atoms with Crippen LogP contribution in [0.1, 0.15) is 33.4 Å². The highest BCUT2D eigenvalue weighted by Gasteiger charge is 2.29. The molecule has 140 valence electrons. The van der Waals surface area contributed by atoms with Crippen LogP contribution in [0.15, 0.2) is 47.8 Å². The van der Waals surface area contributed by atoms with Crippen LogP contribution in [0.4, 0.5) is 0 Å². The minimum atomic E-state index is -1.85. The third-order valence-electron chi connectivity index (χ3n) is 5.67. The van der Waals surface area contributed by atoms with Gasteiger partial charge in [0.2, 0.25) is 0 Å². The van der Waals surface area contributed by atoms with Crippen molar-refractivity contribution in [3.8, 4) is 0 Å². The summed E-state index contributed by atoms with van der Waals surface area (Å²) in [7, 11) is -3.70. The highest BCUT2D eigenvalue weighted by molar-refractivity contribution is 6.90. The molecule has 0 aliphatic heterocycles. The summed E-state index contributed by atoms with van der Waals surface area (Å²) in [5.74, 6) is 0. The maximum absolute atomic E-state index is 6.71. The monoisotopic (exact) mass is 390 g/mol. The molecular weight excluding hydrogens is 360 g/mol. The van der Waals surface area contributed by atoms with E-state index in [1.807, 2.05) is 0 Å². The van der Waals surface area contributed by atoms with Crippen molar-refractivity contribution in [3.63, 3.8) is 0 Å². The second-order valence-corrected chi connectivity index (χ2v) is 16.9. The van der Waals surface area contributed by atoms with Crippen LogP contribution in [0, 0.1) is 0 Å². The first-order chi connectivity index (χ1) is 12.8. The number of benzene rings is 2. The molecule has 0 bridgehead atoms. The van der Waals surface area contributed by atoms with Gasteiger partial charge in [-0.25, -0.2) is 0 Å². The highest BCUT2D eigenvalue weighted by atomic mass is 28.4. The van der Waals surface area contributed by atoms with Gasteiger partial charge in [0.05, 0.1) is 0 Å². The van der Waals surface area contributed by atoms with Crippen molar-refractivity contribution in [2.24, 2.45) is 0 Å². The first-order valence-electron chi connectivity index (χ1n) is 10.1. The van der Waals surface area contributed by atoms with E-state index in [4.69, 9.17) is 4.12 Å². The Hall–Kier alpha value is -1.69. The van der Waals surface area contributed by atoms with E-state index in [0.29, 0.717) is 0 Å². The zero-order valence-electron chi connectivity index (χ0n) is 17.0. The van der Waals surface area contributed by atoms with E-state index in [9.17, 15) is 0 Å². The third-order valence-corrected chi connectivity index (χ3v) is 11.8. The number of aryl methyl sites for hydroxylation is 4. The van der Waals surface area contributed by atoms with Crippen LogP contribution < -0.4 is 0 Å². The van der Waals surface area contributed by atoms with Crippen molar-refractivity contribution < 1.29 is 4.12 Å². The molecule has 0 radical (unpaired) electrons. The van der Waals surface area contributed by atoms with Crippen LogP contribution in [0.3, 0.4) is 0 Å². The van der Waals surface area contributed by atoms with Crippen molar-refractivity contribution in [2.75, 3.05) is 0 Å². The molecule has 27 heavy (non-hydrogen) atoms. The lowest BCUT2D eigenvalue weighted by molar-refractivity contribution is 0.571. The van der Waals surface area contributed by atoms with Gasteiger partial charge in [-0.2, -0.15) is 0 Å². The Bertz CT molecular complexity index is 846. The van der Waals surface area contributed by atoms with Crippen molar-refractivity contribution in [2.45, 2.75) is 51.9 Å². The average molecular weight is 391 g/mol. The summed E-state index contributed by atoms with van der Waals surface area (Å²) in [6.07, 6.45) is 9.52. The molecule has 3 heteroatoms. The van der Waals surface area contributed by atoms with Crippen LogP contribution >= 0.6 is 0 Å². The SMILES string of the molecule is C[Si](C)(/C=C/c1ccc2c(c1)CC2)O[Si](C)(C)/C=C/c1ccc2c(c1)CC2. The van der Waals surface area contributed by atoms with Gasteiger partial charge < -0.3 is 4.12 Å². The minimum absolute atomic E-state index is 1.24. The minimum Gasteiger partial charge on any atom is -0.449 e. The smallest absolute Gasteiger partial charge is 0.198 e. The van der Waals surface area contributed by atoms with Crippen molar-refractivity contribution >= 4 is 28.8 Å². The van der Waals surface area contributed by atoms with Crippen LogP contribution in [0.2, 0.25) is 26.2 Å². The molecule has 0 heterocycles. The van der Waals surface area contributed by atoms with E-state index in [1.165, 1.54) is 59.1 Å². The Morgan fingerprint density at radius 1 is 0.630 bits per heavy atom. The van der Waals surface area contributed by atoms with Crippen molar-refractivity contribution in [1.82, 2.24) is 0 Å². The molecule has 2 aromatic carbocycles. The summed E-state index contributed by atoms with van der Waals surface area (Å²) in [6, 6.07) is 13.7. The summed E-state index contributed by atoms with van der Waals surface area (Å²) in [6.45, 7) is 9.22. The molecule has 2 aliphatic carbocycles. The van der Waals surface area contributed by atoms with E-state index in [0.717, 1.165) is 0 Å². The number of rotatable bonds is 6. The Balaban J connectivity index is 1.41. The van der Waals surface area contributed by atoms with E-state index in [2.05, 4.69) is 86.1 Å². The summed E-state index contributed by atoms with van der Waals surface area (Å²) >= 11 is 0. The Labute approximate surface area is 166 Å². The van der Waals surface area contributed by atoms with E-state index in [-0.39, 0.29) is 0 Å². The number of fused-ring (bicyclic) bond motifs is 2. The lowest BCUT2D eigenvalue weighted by atomic mass is 9.87. The molecule has 4 rings (SSSR count). The first kappa shape index (κ1) is 18.7. The molecular formula is C24H30OSi2. The van der Waals surface area contributed by atoms with E-state index >= 15 is 0 Å². The fourth-order valence-corrected chi connectivity index (χ4v) is 11.1. The summed E-state index contributed by atoms with van der Waals surface area (Å²) < 4.78 is 6.71. The van der Waals surface area contributed by atoms with Crippen LogP contribution in [-0.4, -0.2) is 16.6 Å². The summed E-state index contributed by atoms with van der Waals surface area (Å²) in [5.41, 5.74) is 13.4. The molecule has 0 spiro atoms. The predicted molar refractivity (Wildman–Crippen MR) is 122 cm³/mol. The van der Waals surface area contributed by atoms with E-state index in [1.54, 1.807) is 0 Å². The van der Waals surface area contributed by atoms with Gasteiger partial charge in [0.1, 0.15) is 0 Å². The fraction of sp³-hybridized carbons (Fsp3) is 0.333. The average Bonchev–Trinajstić information content (AvgIpc) is 2.54. The summed E-state index contributed by atoms with van der Waals surface area (Å²) in [4.78, 5) is 0. The van der Waals surface area contributed by atoms with Gasteiger partial charge in [-0.1, -0.05) is 59.9 Å². The van der Waals surface area contributed by atoms with Gasteiger partial charge in [-0.05, 0) is 85.3 Å². The van der Waals surface area contributed by atoms with Crippen molar-refractivity contribution in [3.05, 3.63) is 81.2 Å². The maximum Gasteiger partial charge on any atom is 0.198 e. The fourth-order valence-electron chi connectivity index (χ4n) is 3.98. The molecule has 0 N–H and O–H groups in total. The highest BCUT2D eigenvalue weighted by Crippen LogP contribution is 2.26. The quantitative estimate of drug-likeness (QED) is 0.540.